The molecule has 0 radical (unpaired) electrons. The van der Waals surface area contributed by atoms with Gasteiger partial charge in [0, 0.05) is 6.20 Å². The first kappa shape index (κ1) is 13.8. The summed E-state index contributed by atoms with van der Waals surface area (Å²) in [5.74, 6) is -1.43. The van der Waals surface area contributed by atoms with Gasteiger partial charge >= 0.3 is 18.2 Å². The minimum atomic E-state index is -4.50. The van der Waals surface area contributed by atoms with Crippen LogP contribution in [0.25, 0.3) is 0 Å². The van der Waals surface area contributed by atoms with Crippen molar-refractivity contribution in [2.75, 3.05) is 0 Å². The summed E-state index contributed by atoms with van der Waals surface area (Å²) in [6.45, 7) is 0. The Morgan fingerprint density at radius 3 is 2.65 bits per heavy atom. The van der Waals surface area contributed by atoms with Crippen LogP contribution < -0.4 is 4.74 Å². The summed E-state index contributed by atoms with van der Waals surface area (Å²) in [6, 6.07) is 4.91. The minimum Gasteiger partial charge on any atom is -0.477 e. The summed E-state index contributed by atoms with van der Waals surface area (Å²) in [7, 11) is 0. The van der Waals surface area contributed by atoms with E-state index in [9.17, 15) is 18.0 Å². The maximum Gasteiger partial charge on any atom is 0.416 e. The molecule has 0 spiro atoms. The number of nitrogens with zero attached hydrogens (tertiary/aromatic N) is 2. The van der Waals surface area contributed by atoms with Gasteiger partial charge in [-0.1, -0.05) is 6.07 Å². The zero-order chi connectivity index (χ0) is 14.8. The van der Waals surface area contributed by atoms with Crippen LogP contribution in [0.1, 0.15) is 16.1 Å². The number of carboxylic acids is 1. The zero-order valence-electron chi connectivity index (χ0n) is 9.76. The van der Waals surface area contributed by atoms with E-state index in [1.54, 1.807) is 0 Å². The molecule has 2 rings (SSSR count). The van der Waals surface area contributed by atoms with E-state index >= 15 is 0 Å². The van der Waals surface area contributed by atoms with Gasteiger partial charge in [-0.2, -0.15) is 18.2 Å². The van der Waals surface area contributed by atoms with E-state index in [0.29, 0.717) is 0 Å². The van der Waals surface area contributed by atoms with Gasteiger partial charge in [0.25, 0.3) is 0 Å². The van der Waals surface area contributed by atoms with Crippen LogP contribution in [0.4, 0.5) is 13.2 Å². The van der Waals surface area contributed by atoms with E-state index in [0.717, 1.165) is 24.4 Å². The fraction of sp³-hybridized carbons (Fsp3) is 0.0833. The number of ether oxygens (including phenoxy) is 1. The molecule has 8 heteroatoms. The number of benzene rings is 1. The van der Waals surface area contributed by atoms with E-state index in [-0.39, 0.29) is 17.5 Å². The Labute approximate surface area is 110 Å². The van der Waals surface area contributed by atoms with Gasteiger partial charge < -0.3 is 9.84 Å². The highest BCUT2D eigenvalue weighted by atomic mass is 19.4. The molecule has 0 aliphatic heterocycles. The number of hydrogen-bond acceptors (Lipinski definition) is 4. The second-order valence-corrected chi connectivity index (χ2v) is 3.66. The summed E-state index contributed by atoms with van der Waals surface area (Å²) >= 11 is 0. The Morgan fingerprint density at radius 2 is 2.00 bits per heavy atom. The van der Waals surface area contributed by atoms with Crippen molar-refractivity contribution in [3.8, 4) is 11.8 Å². The van der Waals surface area contributed by atoms with Crippen LogP contribution in [0.15, 0.2) is 36.5 Å². The van der Waals surface area contributed by atoms with E-state index in [2.05, 4.69) is 9.97 Å². The van der Waals surface area contributed by atoms with Crippen molar-refractivity contribution in [3.63, 3.8) is 0 Å². The molecule has 0 unspecified atom stereocenters. The second kappa shape index (κ2) is 5.16. The van der Waals surface area contributed by atoms with Gasteiger partial charge in [-0.3, -0.25) is 0 Å². The predicted molar refractivity (Wildman–Crippen MR) is 60.5 cm³/mol. The fourth-order valence-electron chi connectivity index (χ4n) is 1.35. The van der Waals surface area contributed by atoms with Gasteiger partial charge in [0.1, 0.15) is 5.75 Å². The van der Waals surface area contributed by atoms with E-state index in [4.69, 9.17) is 9.84 Å². The highest BCUT2D eigenvalue weighted by Gasteiger charge is 2.30. The maximum absolute atomic E-state index is 12.5. The van der Waals surface area contributed by atoms with Gasteiger partial charge in [0.05, 0.1) is 5.56 Å². The number of aromatic nitrogens is 2. The van der Waals surface area contributed by atoms with Crippen LogP contribution in [-0.2, 0) is 6.18 Å². The van der Waals surface area contributed by atoms with Crippen molar-refractivity contribution in [1.82, 2.24) is 9.97 Å². The number of aromatic carboxylic acids is 1. The smallest absolute Gasteiger partial charge is 0.416 e. The van der Waals surface area contributed by atoms with Crippen molar-refractivity contribution in [2.45, 2.75) is 6.18 Å². The summed E-state index contributed by atoms with van der Waals surface area (Å²) in [5, 5.41) is 8.73. The van der Waals surface area contributed by atoms with Crippen molar-refractivity contribution in [2.24, 2.45) is 0 Å². The zero-order valence-corrected chi connectivity index (χ0v) is 9.76. The first-order chi connectivity index (χ1) is 9.36. The fourth-order valence-corrected chi connectivity index (χ4v) is 1.35. The Hall–Kier alpha value is -2.64. The van der Waals surface area contributed by atoms with Gasteiger partial charge in [-0.15, -0.1) is 0 Å². The number of halogens is 3. The standard InChI is InChI=1S/C12H7F3N2O3/c13-12(14,15)7-2-1-3-8(6-7)20-11-16-5-4-9(17-11)10(18)19/h1-6H,(H,18,19). The third-order valence-corrected chi connectivity index (χ3v) is 2.22. The molecule has 1 aromatic carbocycles. The molecule has 0 aliphatic rings. The second-order valence-electron chi connectivity index (χ2n) is 3.66. The van der Waals surface area contributed by atoms with Gasteiger partial charge in [0.15, 0.2) is 5.69 Å². The molecular formula is C12H7F3N2O3. The molecule has 1 aromatic heterocycles. The molecule has 0 fully saturated rings. The molecule has 5 nitrogen and oxygen atoms in total. The summed E-state index contributed by atoms with van der Waals surface area (Å²) in [5.41, 5.74) is -1.20. The van der Waals surface area contributed by atoms with Crippen molar-refractivity contribution >= 4 is 5.97 Å². The van der Waals surface area contributed by atoms with E-state index in [1.807, 2.05) is 0 Å². The maximum atomic E-state index is 12.5. The lowest BCUT2D eigenvalue weighted by Crippen LogP contribution is -2.05. The first-order valence-electron chi connectivity index (χ1n) is 5.28. The quantitative estimate of drug-likeness (QED) is 0.938. The predicted octanol–water partition coefficient (Wildman–Crippen LogP) is 2.99. The number of rotatable bonds is 3. The summed E-state index contributed by atoms with van der Waals surface area (Å²) < 4.78 is 42.6. The molecular weight excluding hydrogens is 277 g/mol. The van der Waals surface area contributed by atoms with Crippen LogP contribution in [0.2, 0.25) is 0 Å². The SMILES string of the molecule is O=C(O)c1ccnc(Oc2cccc(C(F)(F)F)c2)n1. The van der Waals surface area contributed by atoms with E-state index in [1.165, 1.54) is 12.1 Å². The normalized spacial score (nSPS) is 11.2. The van der Waals surface area contributed by atoms with E-state index < -0.39 is 17.7 Å². The molecule has 0 aliphatic carbocycles. The van der Waals surface area contributed by atoms with Crippen LogP contribution in [0, 0.1) is 0 Å². The van der Waals surface area contributed by atoms with Crippen LogP contribution in [0.5, 0.6) is 11.8 Å². The molecule has 0 atom stereocenters. The van der Waals surface area contributed by atoms with Crippen molar-refractivity contribution < 1.29 is 27.8 Å². The lowest BCUT2D eigenvalue weighted by atomic mass is 10.2. The van der Waals surface area contributed by atoms with Gasteiger partial charge in [-0.05, 0) is 24.3 Å². The number of carbonyl (C=O) groups is 1. The van der Waals surface area contributed by atoms with Gasteiger partial charge in [0.2, 0.25) is 0 Å². The Bertz CT molecular complexity index is 644. The number of carboxylic acid groups (broad SMARTS) is 1. The van der Waals surface area contributed by atoms with Crippen LogP contribution >= 0.6 is 0 Å². The lowest BCUT2D eigenvalue weighted by Gasteiger charge is -2.08. The van der Waals surface area contributed by atoms with Crippen LogP contribution in [-0.4, -0.2) is 21.0 Å². The van der Waals surface area contributed by atoms with Gasteiger partial charge in [-0.25, -0.2) is 9.78 Å². The minimum absolute atomic E-state index is 0.137. The topological polar surface area (TPSA) is 72.3 Å². The molecule has 0 bridgehead atoms. The molecule has 1 N–H and O–H groups in total. The third kappa shape index (κ3) is 3.22. The Balaban J connectivity index is 2.26. The van der Waals surface area contributed by atoms with Crippen LogP contribution in [0.3, 0.4) is 0 Å². The average molecular weight is 284 g/mol. The molecule has 0 saturated heterocycles. The lowest BCUT2D eigenvalue weighted by molar-refractivity contribution is -0.137. The first-order valence-corrected chi connectivity index (χ1v) is 5.28. The molecule has 104 valence electrons. The molecule has 0 saturated carbocycles. The highest BCUT2D eigenvalue weighted by molar-refractivity contribution is 5.85. The van der Waals surface area contributed by atoms with Crippen molar-refractivity contribution in [3.05, 3.63) is 47.8 Å². The molecule has 1 heterocycles. The summed E-state index contributed by atoms with van der Waals surface area (Å²) in [4.78, 5) is 17.9. The summed E-state index contributed by atoms with van der Waals surface area (Å²) in [6.07, 6.45) is -3.36. The largest absolute Gasteiger partial charge is 0.477 e. The molecule has 0 amide bonds. The highest BCUT2D eigenvalue weighted by Crippen LogP contribution is 2.32. The Morgan fingerprint density at radius 1 is 1.25 bits per heavy atom. The number of alkyl halides is 3. The third-order valence-electron chi connectivity index (χ3n) is 2.22. The monoisotopic (exact) mass is 284 g/mol. The van der Waals surface area contributed by atoms with Crippen molar-refractivity contribution in [1.29, 1.82) is 0 Å². The number of hydrogen-bond donors (Lipinski definition) is 1. The molecule has 20 heavy (non-hydrogen) atoms. The average Bonchev–Trinajstić information content (AvgIpc) is 2.38. The Kier molecular flexibility index (Phi) is 3.55. The molecule has 2 aromatic rings.